The minimum absolute atomic E-state index is 0.0669. The number of nitrogens with zero attached hydrogens (tertiary/aromatic N) is 3. The summed E-state index contributed by atoms with van der Waals surface area (Å²) in [5.74, 6) is -0.977. The van der Waals surface area contributed by atoms with Crippen molar-refractivity contribution in [1.29, 1.82) is 0 Å². The van der Waals surface area contributed by atoms with Gasteiger partial charge in [0.15, 0.2) is 6.61 Å². The molecule has 1 aromatic carbocycles. The van der Waals surface area contributed by atoms with E-state index in [0.29, 0.717) is 5.56 Å². The highest BCUT2D eigenvalue weighted by molar-refractivity contribution is 6.40. The summed E-state index contributed by atoms with van der Waals surface area (Å²) in [4.78, 5) is 35.4. The van der Waals surface area contributed by atoms with E-state index in [1.807, 2.05) is 30.3 Å². The van der Waals surface area contributed by atoms with Crippen molar-refractivity contribution in [2.75, 3.05) is 19.0 Å². The molecule has 39 heavy (non-hydrogen) atoms. The zero-order valence-electron chi connectivity index (χ0n) is 20.9. The molecule has 14 heteroatoms. The Hall–Kier alpha value is -4.26. The number of nitrogens with one attached hydrogen (secondary N) is 2. The number of alkyl halides is 3. The van der Waals surface area contributed by atoms with Crippen molar-refractivity contribution >= 4 is 45.9 Å². The molecule has 0 aliphatic carbocycles. The molecule has 2 aromatic heterocycles. The first-order valence-electron chi connectivity index (χ1n) is 11.6. The lowest BCUT2D eigenvalue weighted by molar-refractivity contribution is -0.154. The summed E-state index contributed by atoms with van der Waals surface area (Å²) in [6.45, 7) is 1.77. The number of anilines is 1. The number of carbonyl (C=O) groups is 2. The van der Waals surface area contributed by atoms with Crippen LogP contribution >= 0.6 is 11.6 Å². The fourth-order valence-corrected chi connectivity index (χ4v) is 3.72. The number of aromatic amines is 1. The summed E-state index contributed by atoms with van der Waals surface area (Å²) in [5.41, 5.74) is 6.92. The van der Waals surface area contributed by atoms with Crippen molar-refractivity contribution < 1.29 is 32.6 Å². The second kappa shape index (κ2) is 12.5. The third-order valence-electron chi connectivity index (χ3n) is 5.49. The molecule has 4 rings (SSSR count). The molecule has 1 aliphatic rings. The Balaban J connectivity index is 0.000000346. The monoisotopic (exact) mass is 566 g/mol. The summed E-state index contributed by atoms with van der Waals surface area (Å²) in [6, 6.07) is 10.8. The number of para-hydroxylation sites is 1. The van der Waals surface area contributed by atoms with Gasteiger partial charge in [-0.05, 0) is 30.7 Å². The summed E-state index contributed by atoms with van der Waals surface area (Å²) >= 11 is 5.99. The van der Waals surface area contributed by atoms with Crippen LogP contribution in [0.2, 0.25) is 5.02 Å². The van der Waals surface area contributed by atoms with Crippen LogP contribution in [0.25, 0.3) is 10.9 Å². The fourth-order valence-electron chi connectivity index (χ4n) is 3.49. The van der Waals surface area contributed by atoms with Gasteiger partial charge in [0.2, 0.25) is 11.8 Å². The zero-order chi connectivity index (χ0) is 28.7. The highest BCUT2D eigenvalue weighted by Gasteiger charge is 2.30. The number of carbonyl (C=O) groups excluding carboxylic acids is 1. The number of rotatable bonds is 7. The van der Waals surface area contributed by atoms with Crippen LogP contribution in [-0.2, 0) is 9.59 Å². The van der Waals surface area contributed by atoms with Crippen LogP contribution in [0.5, 0.6) is 5.88 Å². The number of carboxylic acid groups (broad SMARTS) is 1. The number of aromatic nitrogens is 2. The number of amides is 1. The summed E-state index contributed by atoms with van der Waals surface area (Å²) in [7, 11) is 0. The van der Waals surface area contributed by atoms with Crippen molar-refractivity contribution in [1.82, 2.24) is 20.2 Å². The van der Waals surface area contributed by atoms with E-state index in [2.05, 4.69) is 25.0 Å². The second-order valence-corrected chi connectivity index (χ2v) is 8.75. The molecule has 3 heterocycles. The summed E-state index contributed by atoms with van der Waals surface area (Å²) < 4.78 is 41.4. The molecule has 1 amide bonds. The number of nitrogens with two attached hydrogens (primary N) is 1. The Morgan fingerprint density at radius 3 is 2.64 bits per heavy atom. The van der Waals surface area contributed by atoms with Crippen molar-refractivity contribution in [3.63, 3.8) is 0 Å². The number of hydrogen-bond donors (Lipinski definition) is 4. The van der Waals surface area contributed by atoms with Crippen LogP contribution in [0.15, 0.2) is 59.5 Å². The van der Waals surface area contributed by atoms with Crippen molar-refractivity contribution in [3.05, 3.63) is 65.1 Å². The number of nitrogen functional groups attached to an aromatic ring is 1. The summed E-state index contributed by atoms with van der Waals surface area (Å²) in [6.07, 6.45) is -1.83. The number of halogens is 4. The average molecular weight is 567 g/mol. The number of fused-ring (bicyclic) bond motifs is 1. The van der Waals surface area contributed by atoms with E-state index in [9.17, 15) is 22.8 Å². The number of carboxylic acids is 1. The minimum Gasteiger partial charge on any atom is -0.477 e. The predicted molar refractivity (Wildman–Crippen MR) is 140 cm³/mol. The first-order chi connectivity index (χ1) is 18.4. The van der Waals surface area contributed by atoms with Crippen molar-refractivity contribution in [2.45, 2.75) is 32.5 Å². The smallest absolute Gasteiger partial charge is 0.422 e. The molecule has 5 N–H and O–H groups in total. The van der Waals surface area contributed by atoms with E-state index in [1.54, 1.807) is 18.7 Å². The second-order valence-electron chi connectivity index (χ2n) is 8.34. The van der Waals surface area contributed by atoms with E-state index in [4.69, 9.17) is 22.4 Å². The fraction of sp³-hybridized carbons (Fsp3) is 0.280. The zero-order valence-corrected chi connectivity index (χ0v) is 21.7. The van der Waals surface area contributed by atoms with Crippen LogP contribution in [0, 0.1) is 0 Å². The van der Waals surface area contributed by atoms with Gasteiger partial charge < -0.3 is 30.8 Å². The van der Waals surface area contributed by atoms with E-state index >= 15 is 0 Å². The molecule has 10 nitrogen and oxygen atoms in total. The van der Waals surface area contributed by atoms with E-state index in [0.717, 1.165) is 11.3 Å². The SMILES string of the molecule is CCC(=O)NC1=CC(C(=O)O)=NCN1C(C)c1cnc(OCC(F)(F)F)c(Cl)c1.Nc1cc2ccccc2[nH]1. The number of hydrogen-bond acceptors (Lipinski definition) is 7. The number of aliphatic carboxylic acids is 1. The van der Waals surface area contributed by atoms with Gasteiger partial charge in [0.05, 0.1) is 6.04 Å². The number of benzene rings is 1. The lowest BCUT2D eigenvalue weighted by atomic mass is 10.1. The molecule has 0 radical (unpaired) electrons. The van der Waals surface area contributed by atoms with Crippen LogP contribution < -0.4 is 15.8 Å². The lowest BCUT2D eigenvalue weighted by Crippen LogP contribution is -2.40. The Bertz CT molecular complexity index is 1370. The first kappa shape index (κ1) is 29.3. The standard InChI is InChI=1S/C17H18ClF3N4O4.C8H8N2/c1-3-14(26)24-13-5-12(16(27)28)23-8-25(13)9(2)10-4-11(18)15(22-6-10)29-7-17(19,20)21;9-8-5-6-3-1-2-4-7(6)10-8/h4-6,9H,3,7-8H2,1-2H3,(H,24,26)(H,27,28);1-5,10H,9H2. The van der Waals surface area contributed by atoms with E-state index < -0.39 is 24.8 Å². The Kier molecular flexibility index (Phi) is 9.41. The minimum atomic E-state index is -4.53. The van der Waals surface area contributed by atoms with Crippen LogP contribution in [0.4, 0.5) is 19.0 Å². The maximum absolute atomic E-state index is 12.3. The molecule has 0 spiro atoms. The Morgan fingerprint density at radius 2 is 2.03 bits per heavy atom. The molecule has 3 aromatic rings. The van der Waals surface area contributed by atoms with Crippen LogP contribution in [0.3, 0.4) is 0 Å². The quantitative estimate of drug-likeness (QED) is 0.325. The molecule has 208 valence electrons. The molecular formula is C25H26ClF3N6O4. The normalized spacial score (nSPS) is 14.1. The maximum atomic E-state index is 12.3. The highest BCUT2D eigenvalue weighted by Crippen LogP contribution is 2.31. The molecule has 1 unspecified atom stereocenters. The van der Waals surface area contributed by atoms with Gasteiger partial charge in [0.1, 0.15) is 29.0 Å². The average Bonchev–Trinajstić information content (AvgIpc) is 3.27. The van der Waals surface area contributed by atoms with E-state index in [-0.39, 0.29) is 41.4 Å². The molecular weight excluding hydrogens is 541 g/mol. The van der Waals surface area contributed by atoms with Gasteiger partial charge in [-0.15, -0.1) is 0 Å². The first-order valence-corrected chi connectivity index (χ1v) is 12.0. The van der Waals surface area contributed by atoms with Crippen LogP contribution in [-0.4, -0.2) is 57.0 Å². The number of ether oxygens (including phenoxy) is 1. The van der Waals surface area contributed by atoms with Gasteiger partial charge in [-0.25, -0.2) is 9.78 Å². The number of pyridine rings is 1. The van der Waals surface area contributed by atoms with Gasteiger partial charge in [-0.3, -0.25) is 9.79 Å². The third-order valence-corrected chi connectivity index (χ3v) is 5.76. The molecule has 0 fully saturated rings. The molecule has 1 aliphatic heterocycles. The molecule has 0 saturated heterocycles. The largest absolute Gasteiger partial charge is 0.477 e. The summed E-state index contributed by atoms with van der Waals surface area (Å²) in [5, 5.41) is 12.8. The number of aliphatic imine (C=N–C) groups is 1. The van der Waals surface area contributed by atoms with Gasteiger partial charge in [-0.2, -0.15) is 13.2 Å². The van der Waals surface area contributed by atoms with Gasteiger partial charge >= 0.3 is 12.1 Å². The van der Waals surface area contributed by atoms with Gasteiger partial charge in [0.25, 0.3) is 0 Å². The van der Waals surface area contributed by atoms with Crippen LogP contribution in [0.1, 0.15) is 31.9 Å². The molecule has 1 atom stereocenters. The van der Waals surface area contributed by atoms with Gasteiger partial charge in [0, 0.05) is 29.6 Å². The predicted octanol–water partition coefficient (Wildman–Crippen LogP) is 4.65. The Labute approximate surface area is 226 Å². The van der Waals surface area contributed by atoms with Gasteiger partial charge in [-0.1, -0.05) is 36.7 Å². The maximum Gasteiger partial charge on any atom is 0.422 e. The lowest BCUT2D eigenvalue weighted by Gasteiger charge is -2.34. The molecule has 0 bridgehead atoms. The highest BCUT2D eigenvalue weighted by atomic mass is 35.5. The number of H-pyrrole nitrogens is 1. The Morgan fingerprint density at radius 1 is 1.31 bits per heavy atom. The van der Waals surface area contributed by atoms with Crippen molar-refractivity contribution in [3.8, 4) is 5.88 Å². The third kappa shape index (κ3) is 8.11. The molecule has 0 saturated carbocycles. The topological polar surface area (TPSA) is 146 Å². The van der Waals surface area contributed by atoms with E-state index in [1.165, 1.54) is 23.7 Å². The van der Waals surface area contributed by atoms with Crippen molar-refractivity contribution in [2.24, 2.45) is 4.99 Å².